The number of para-hydroxylation sites is 1. The van der Waals surface area contributed by atoms with Crippen molar-refractivity contribution < 1.29 is 9.59 Å². The van der Waals surface area contributed by atoms with Crippen LogP contribution in [0.2, 0.25) is 0 Å². The number of aromatic nitrogens is 2. The molecule has 2 aromatic carbocycles. The summed E-state index contributed by atoms with van der Waals surface area (Å²) in [4.78, 5) is 26.0. The lowest BCUT2D eigenvalue weighted by molar-refractivity contribution is 0.0684. The first-order chi connectivity index (χ1) is 12.1. The first-order valence-electron chi connectivity index (χ1n) is 7.39. The molecule has 0 aliphatic carbocycles. The van der Waals surface area contributed by atoms with Crippen LogP contribution in [0.4, 0.5) is 0 Å². The lowest BCUT2D eigenvalue weighted by Crippen LogP contribution is -2.29. The highest BCUT2D eigenvalue weighted by Gasteiger charge is 2.35. The highest BCUT2D eigenvalue weighted by atomic mass is 32.2. The van der Waals surface area contributed by atoms with Crippen LogP contribution in [0.3, 0.4) is 0 Å². The van der Waals surface area contributed by atoms with E-state index in [1.165, 1.54) is 28.0 Å². The Labute approximate surface area is 156 Å². The molecule has 0 radical (unpaired) electrons. The fourth-order valence-electron chi connectivity index (χ4n) is 2.53. The Bertz CT molecular complexity index is 992. The minimum atomic E-state index is -0.265. The second-order valence-electron chi connectivity index (χ2n) is 5.24. The first kappa shape index (κ1) is 16.2. The van der Waals surface area contributed by atoms with Crippen LogP contribution >= 0.6 is 35.3 Å². The second kappa shape index (κ2) is 6.55. The van der Waals surface area contributed by atoms with Crippen LogP contribution in [0.1, 0.15) is 20.7 Å². The van der Waals surface area contributed by atoms with Crippen LogP contribution in [0.25, 0.3) is 5.69 Å². The van der Waals surface area contributed by atoms with E-state index >= 15 is 0 Å². The van der Waals surface area contributed by atoms with Gasteiger partial charge in [-0.1, -0.05) is 53.4 Å². The molecule has 0 N–H and O–H groups in total. The van der Waals surface area contributed by atoms with Crippen LogP contribution in [-0.2, 0) is 0 Å². The molecule has 3 aromatic rings. The Kier molecular flexibility index (Phi) is 4.24. The second-order valence-corrected chi connectivity index (χ2v) is 8.05. The van der Waals surface area contributed by atoms with Crippen molar-refractivity contribution in [1.29, 1.82) is 0 Å². The number of rotatable bonds is 4. The predicted molar refractivity (Wildman–Crippen MR) is 99.9 cm³/mol. The molecule has 2 amide bonds. The van der Waals surface area contributed by atoms with Crippen molar-refractivity contribution in [2.24, 2.45) is 0 Å². The number of benzene rings is 2. The van der Waals surface area contributed by atoms with Gasteiger partial charge in [0.1, 0.15) is 0 Å². The average Bonchev–Trinajstić information content (AvgIpc) is 3.13. The van der Waals surface area contributed by atoms with E-state index in [1.807, 2.05) is 30.3 Å². The van der Waals surface area contributed by atoms with Gasteiger partial charge in [0, 0.05) is 0 Å². The molecule has 1 aliphatic heterocycles. The van der Waals surface area contributed by atoms with E-state index in [1.54, 1.807) is 28.9 Å². The van der Waals surface area contributed by atoms with Crippen molar-refractivity contribution in [2.45, 2.75) is 4.34 Å². The fourth-order valence-corrected chi connectivity index (χ4v) is 4.82. The smallest absolute Gasteiger partial charge is 0.262 e. The van der Waals surface area contributed by atoms with Crippen LogP contribution < -0.4 is 0 Å². The lowest BCUT2D eigenvalue weighted by atomic mass is 10.1. The maximum atomic E-state index is 12.4. The normalized spacial score (nSPS) is 13.4. The minimum Gasteiger partial charge on any atom is -0.269 e. The summed E-state index contributed by atoms with van der Waals surface area (Å²) in [6.45, 7) is 0. The lowest BCUT2D eigenvalue weighted by Gasteiger charge is -2.11. The van der Waals surface area contributed by atoms with Gasteiger partial charge in [-0.25, -0.2) is 4.68 Å². The number of carbonyl (C=O) groups excluding carboxylic acids is 2. The maximum absolute atomic E-state index is 12.4. The summed E-state index contributed by atoms with van der Waals surface area (Å²) >= 11 is 8.05. The minimum absolute atomic E-state index is 0.212. The molecule has 0 fully saturated rings. The number of fused-ring (bicyclic) bond motifs is 1. The van der Waals surface area contributed by atoms with E-state index in [0.717, 1.165) is 5.69 Å². The largest absolute Gasteiger partial charge is 0.269 e. The Morgan fingerprint density at radius 3 is 2.20 bits per heavy atom. The zero-order valence-electron chi connectivity index (χ0n) is 12.8. The van der Waals surface area contributed by atoms with E-state index in [4.69, 9.17) is 12.2 Å². The van der Waals surface area contributed by atoms with Crippen molar-refractivity contribution in [1.82, 2.24) is 14.7 Å². The quantitative estimate of drug-likeness (QED) is 0.386. The van der Waals surface area contributed by atoms with Crippen LogP contribution in [0.5, 0.6) is 0 Å². The number of imide groups is 1. The van der Waals surface area contributed by atoms with Crippen LogP contribution in [0.15, 0.2) is 58.9 Å². The molecule has 25 heavy (non-hydrogen) atoms. The van der Waals surface area contributed by atoms with Gasteiger partial charge in [-0.15, -0.1) is 5.10 Å². The number of carbonyl (C=O) groups is 2. The number of amides is 2. The zero-order chi connectivity index (χ0) is 17.4. The summed E-state index contributed by atoms with van der Waals surface area (Å²) in [6.07, 6.45) is 0. The number of nitrogens with zero attached hydrogens (tertiary/aromatic N) is 3. The highest BCUT2D eigenvalue weighted by molar-refractivity contribution is 8.01. The van der Waals surface area contributed by atoms with E-state index in [0.29, 0.717) is 19.4 Å². The molecule has 8 heteroatoms. The van der Waals surface area contributed by atoms with E-state index in [-0.39, 0.29) is 17.7 Å². The molecule has 1 aromatic heterocycles. The van der Waals surface area contributed by atoms with Crippen molar-refractivity contribution in [2.75, 3.05) is 5.88 Å². The van der Waals surface area contributed by atoms with Gasteiger partial charge in [-0.05, 0) is 36.5 Å². The summed E-state index contributed by atoms with van der Waals surface area (Å²) < 4.78 is 3.02. The zero-order valence-corrected chi connectivity index (χ0v) is 15.2. The number of thioether (sulfide) groups is 1. The third-order valence-electron chi connectivity index (χ3n) is 3.73. The summed E-state index contributed by atoms with van der Waals surface area (Å²) in [5, 5.41) is 4.48. The van der Waals surface area contributed by atoms with Crippen molar-refractivity contribution in [3.05, 3.63) is 69.7 Å². The third kappa shape index (κ3) is 2.92. The molecule has 4 rings (SSSR count). The molecule has 0 saturated carbocycles. The molecule has 5 nitrogen and oxygen atoms in total. The molecule has 0 spiro atoms. The predicted octanol–water partition coefficient (Wildman–Crippen LogP) is 4.01. The van der Waals surface area contributed by atoms with E-state index < -0.39 is 0 Å². The summed E-state index contributed by atoms with van der Waals surface area (Å²) in [5.74, 6) is -0.318. The molecule has 0 atom stereocenters. The van der Waals surface area contributed by atoms with Gasteiger partial charge >= 0.3 is 0 Å². The number of hydrogen-bond acceptors (Lipinski definition) is 6. The SMILES string of the molecule is O=C1c2ccccc2C(=O)N1CSc1nn(-c2ccccc2)c(=S)s1. The van der Waals surface area contributed by atoms with Gasteiger partial charge in [0.05, 0.1) is 22.7 Å². The Morgan fingerprint density at radius 1 is 0.960 bits per heavy atom. The van der Waals surface area contributed by atoms with Gasteiger partial charge < -0.3 is 0 Å². The molecule has 124 valence electrons. The average molecular weight is 385 g/mol. The molecule has 0 unspecified atom stereocenters. The third-order valence-corrected chi connectivity index (χ3v) is 6.07. The Hall–Kier alpha value is -2.29. The summed E-state index contributed by atoms with van der Waals surface area (Å²) in [6, 6.07) is 16.5. The van der Waals surface area contributed by atoms with Crippen LogP contribution in [0, 0.1) is 3.95 Å². The summed E-state index contributed by atoms with van der Waals surface area (Å²) in [5.41, 5.74) is 1.79. The molecular weight excluding hydrogens is 374 g/mol. The van der Waals surface area contributed by atoms with Gasteiger partial charge in [0.2, 0.25) is 0 Å². The molecule has 0 bridgehead atoms. The van der Waals surface area contributed by atoms with Gasteiger partial charge in [-0.2, -0.15) is 0 Å². The van der Waals surface area contributed by atoms with Crippen molar-refractivity contribution >= 4 is 47.1 Å². The van der Waals surface area contributed by atoms with E-state index in [2.05, 4.69) is 5.10 Å². The standard InChI is InChI=1S/C17H11N3O2S3/c21-14-12-8-4-5-9-13(12)15(22)19(14)10-24-16-18-20(17(23)25-16)11-6-2-1-3-7-11/h1-9H,10H2. The molecule has 1 aliphatic rings. The summed E-state index contributed by atoms with van der Waals surface area (Å²) in [7, 11) is 0. The number of hydrogen-bond donors (Lipinski definition) is 0. The Morgan fingerprint density at radius 2 is 1.56 bits per heavy atom. The van der Waals surface area contributed by atoms with Crippen molar-refractivity contribution in [3.63, 3.8) is 0 Å². The van der Waals surface area contributed by atoms with Gasteiger partial charge in [-0.3, -0.25) is 14.5 Å². The fraction of sp³-hybridized carbons (Fsp3) is 0.0588. The van der Waals surface area contributed by atoms with Gasteiger partial charge in [0.15, 0.2) is 8.29 Å². The Balaban J connectivity index is 1.53. The van der Waals surface area contributed by atoms with Crippen molar-refractivity contribution in [3.8, 4) is 5.69 Å². The highest BCUT2D eigenvalue weighted by Crippen LogP contribution is 2.29. The monoisotopic (exact) mass is 385 g/mol. The van der Waals surface area contributed by atoms with E-state index in [9.17, 15) is 9.59 Å². The topological polar surface area (TPSA) is 55.2 Å². The van der Waals surface area contributed by atoms with Crippen LogP contribution in [-0.4, -0.2) is 32.4 Å². The molecular formula is C17H11N3O2S3. The first-order valence-corrected chi connectivity index (χ1v) is 9.60. The maximum Gasteiger partial charge on any atom is 0.262 e. The molecule has 2 heterocycles. The molecule has 0 saturated heterocycles. The van der Waals surface area contributed by atoms with Gasteiger partial charge in [0.25, 0.3) is 11.8 Å².